The molecule has 0 aliphatic carbocycles. The van der Waals surface area contributed by atoms with Gasteiger partial charge >= 0.3 is 0 Å². The van der Waals surface area contributed by atoms with Gasteiger partial charge in [0, 0.05) is 25.2 Å². The smallest absolute Gasteiger partial charge is 0.0949 e. The van der Waals surface area contributed by atoms with E-state index in [2.05, 4.69) is 22.9 Å². The molecule has 14 heavy (non-hydrogen) atoms. The van der Waals surface area contributed by atoms with Crippen molar-refractivity contribution in [2.75, 3.05) is 20.1 Å². The first kappa shape index (κ1) is 9.95. The Bertz CT molecular complexity index is 245. The predicted molar refractivity (Wildman–Crippen MR) is 55.8 cm³/mol. The average Bonchev–Trinajstić information content (AvgIpc) is 2.40. The van der Waals surface area contributed by atoms with Crippen molar-refractivity contribution < 1.29 is 0 Å². The summed E-state index contributed by atoms with van der Waals surface area (Å²) in [4.78, 5) is 4.85. The molecule has 0 aromatic carbocycles. The second-order valence-corrected chi connectivity index (χ2v) is 4.64. The third-order valence-corrected chi connectivity index (χ3v) is 3.91. The van der Waals surface area contributed by atoms with Crippen LogP contribution in [0.5, 0.6) is 0 Å². The molecular formula is C11H19N3. The van der Waals surface area contributed by atoms with Crippen LogP contribution in [0, 0.1) is 11.3 Å². The molecule has 0 N–H and O–H groups in total. The van der Waals surface area contributed by atoms with Crippen LogP contribution in [-0.4, -0.2) is 48.1 Å². The molecule has 3 unspecified atom stereocenters. The molecule has 2 saturated heterocycles. The molecule has 2 aliphatic rings. The van der Waals surface area contributed by atoms with Gasteiger partial charge in [0.15, 0.2) is 0 Å². The fourth-order valence-corrected chi connectivity index (χ4v) is 2.77. The third-order valence-electron chi connectivity index (χ3n) is 3.91. The van der Waals surface area contributed by atoms with E-state index in [-0.39, 0.29) is 6.04 Å². The number of likely N-dealkylation sites (tertiary alicyclic amines) is 1. The van der Waals surface area contributed by atoms with Gasteiger partial charge in [0.1, 0.15) is 0 Å². The molecule has 3 atom stereocenters. The minimum Gasteiger partial charge on any atom is -0.299 e. The Labute approximate surface area is 86.3 Å². The number of likely N-dealkylation sites (N-methyl/N-ethyl adjacent to an activating group) is 1. The van der Waals surface area contributed by atoms with E-state index in [4.69, 9.17) is 5.26 Å². The Morgan fingerprint density at radius 3 is 2.71 bits per heavy atom. The number of nitriles is 1. The van der Waals surface area contributed by atoms with Crippen LogP contribution in [0.15, 0.2) is 0 Å². The van der Waals surface area contributed by atoms with E-state index in [9.17, 15) is 0 Å². The monoisotopic (exact) mass is 193 g/mol. The molecule has 2 heterocycles. The predicted octanol–water partition coefficient (Wildman–Crippen LogP) is 1.07. The highest BCUT2D eigenvalue weighted by molar-refractivity contribution is 4.96. The van der Waals surface area contributed by atoms with E-state index >= 15 is 0 Å². The molecule has 2 fully saturated rings. The zero-order valence-electron chi connectivity index (χ0n) is 9.11. The molecule has 3 nitrogen and oxygen atoms in total. The summed E-state index contributed by atoms with van der Waals surface area (Å²) in [6.07, 6.45) is 3.91. The Hall–Kier alpha value is -0.590. The molecule has 0 aromatic rings. The van der Waals surface area contributed by atoms with Crippen LogP contribution in [0.25, 0.3) is 0 Å². The summed E-state index contributed by atoms with van der Waals surface area (Å²) in [6, 6.07) is 3.90. The van der Waals surface area contributed by atoms with Crippen molar-refractivity contribution in [3.63, 3.8) is 0 Å². The van der Waals surface area contributed by atoms with Crippen LogP contribution in [0.1, 0.15) is 26.2 Å². The lowest BCUT2D eigenvalue weighted by Crippen LogP contribution is -2.40. The van der Waals surface area contributed by atoms with Gasteiger partial charge in [-0.05, 0) is 33.2 Å². The fraction of sp³-hybridized carbons (Fsp3) is 0.909. The van der Waals surface area contributed by atoms with Gasteiger partial charge in [0.25, 0.3) is 0 Å². The summed E-state index contributed by atoms with van der Waals surface area (Å²) in [5.74, 6) is 0. The fourth-order valence-electron chi connectivity index (χ4n) is 2.77. The standard InChI is InChI=1S/C11H19N3/c1-9(7-12)14-6-5-10-3-4-11(8-14)13(10)2/h9-11H,3-6,8H2,1-2H3. The zero-order chi connectivity index (χ0) is 10.1. The largest absolute Gasteiger partial charge is 0.299 e. The van der Waals surface area contributed by atoms with Crippen LogP contribution in [-0.2, 0) is 0 Å². The highest BCUT2D eigenvalue weighted by atomic mass is 15.3. The summed E-state index contributed by atoms with van der Waals surface area (Å²) in [7, 11) is 2.24. The van der Waals surface area contributed by atoms with E-state index in [1.54, 1.807) is 0 Å². The topological polar surface area (TPSA) is 30.3 Å². The van der Waals surface area contributed by atoms with E-state index in [1.807, 2.05) is 6.92 Å². The van der Waals surface area contributed by atoms with E-state index < -0.39 is 0 Å². The van der Waals surface area contributed by atoms with Gasteiger partial charge in [-0.2, -0.15) is 5.26 Å². The van der Waals surface area contributed by atoms with E-state index in [0.717, 1.165) is 19.1 Å². The summed E-state index contributed by atoms with van der Waals surface area (Å²) in [5.41, 5.74) is 0. The normalized spacial score (nSPS) is 36.4. The van der Waals surface area contributed by atoms with Crippen molar-refractivity contribution in [1.82, 2.24) is 9.80 Å². The number of nitrogens with zero attached hydrogens (tertiary/aromatic N) is 3. The van der Waals surface area contributed by atoms with Crippen LogP contribution in [0.3, 0.4) is 0 Å². The highest BCUT2D eigenvalue weighted by Gasteiger charge is 2.35. The van der Waals surface area contributed by atoms with Gasteiger partial charge in [0.05, 0.1) is 12.1 Å². The third kappa shape index (κ3) is 1.65. The lowest BCUT2D eigenvalue weighted by molar-refractivity contribution is 0.204. The van der Waals surface area contributed by atoms with Crippen molar-refractivity contribution in [3.05, 3.63) is 0 Å². The molecule has 78 valence electrons. The van der Waals surface area contributed by atoms with Crippen LogP contribution in [0.2, 0.25) is 0 Å². The lowest BCUT2D eigenvalue weighted by atomic mass is 10.1. The molecule has 0 amide bonds. The van der Waals surface area contributed by atoms with Crippen molar-refractivity contribution in [2.45, 2.75) is 44.3 Å². The first-order valence-corrected chi connectivity index (χ1v) is 5.58. The Kier molecular flexibility index (Phi) is 2.76. The summed E-state index contributed by atoms with van der Waals surface area (Å²) in [5, 5.41) is 8.91. The molecule has 0 spiro atoms. The molecule has 2 aliphatic heterocycles. The maximum absolute atomic E-state index is 8.91. The van der Waals surface area contributed by atoms with Crippen molar-refractivity contribution >= 4 is 0 Å². The zero-order valence-corrected chi connectivity index (χ0v) is 9.11. The molecular weight excluding hydrogens is 174 g/mol. The Balaban J connectivity index is 2.04. The van der Waals surface area contributed by atoms with Crippen LogP contribution in [0.4, 0.5) is 0 Å². The van der Waals surface area contributed by atoms with Crippen molar-refractivity contribution in [3.8, 4) is 6.07 Å². The summed E-state index contributed by atoms with van der Waals surface area (Å²) < 4.78 is 0. The van der Waals surface area contributed by atoms with E-state index in [0.29, 0.717) is 6.04 Å². The second-order valence-electron chi connectivity index (χ2n) is 4.64. The second kappa shape index (κ2) is 3.88. The highest BCUT2D eigenvalue weighted by Crippen LogP contribution is 2.28. The number of hydrogen-bond donors (Lipinski definition) is 0. The van der Waals surface area contributed by atoms with Crippen LogP contribution < -0.4 is 0 Å². The Morgan fingerprint density at radius 1 is 1.29 bits per heavy atom. The maximum atomic E-state index is 8.91. The number of hydrogen-bond acceptors (Lipinski definition) is 3. The van der Waals surface area contributed by atoms with Gasteiger partial charge in [0.2, 0.25) is 0 Å². The minimum atomic E-state index is 0.0859. The molecule has 0 saturated carbocycles. The van der Waals surface area contributed by atoms with Crippen molar-refractivity contribution in [2.24, 2.45) is 0 Å². The van der Waals surface area contributed by atoms with Gasteiger partial charge in [-0.3, -0.25) is 9.80 Å². The molecule has 2 bridgehead atoms. The molecule has 3 heteroatoms. The van der Waals surface area contributed by atoms with E-state index in [1.165, 1.54) is 19.3 Å². The Morgan fingerprint density at radius 2 is 2.00 bits per heavy atom. The molecule has 0 aromatic heterocycles. The van der Waals surface area contributed by atoms with Crippen molar-refractivity contribution in [1.29, 1.82) is 5.26 Å². The maximum Gasteiger partial charge on any atom is 0.0949 e. The summed E-state index contributed by atoms with van der Waals surface area (Å²) in [6.45, 7) is 4.20. The quantitative estimate of drug-likeness (QED) is 0.624. The van der Waals surface area contributed by atoms with Gasteiger partial charge < -0.3 is 0 Å². The first-order valence-electron chi connectivity index (χ1n) is 5.58. The number of rotatable bonds is 1. The SMILES string of the molecule is CC(C#N)N1CCC2CCC(C1)N2C. The lowest BCUT2D eigenvalue weighted by Gasteiger charge is -2.27. The molecule has 0 radical (unpaired) electrons. The first-order chi connectivity index (χ1) is 6.72. The van der Waals surface area contributed by atoms with Gasteiger partial charge in [-0.15, -0.1) is 0 Å². The number of fused-ring (bicyclic) bond motifs is 2. The van der Waals surface area contributed by atoms with Gasteiger partial charge in [-0.1, -0.05) is 0 Å². The molecule has 2 rings (SSSR count). The average molecular weight is 193 g/mol. The van der Waals surface area contributed by atoms with Crippen LogP contribution >= 0.6 is 0 Å². The summed E-state index contributed by atoms with van der Waals surface area (Å²) >= 11 is 0. The van der Waals surface area contributed by atoms with Gasteiger partial charge in [-0.25, -0.2) is 0 Å². The minimum absolute atomic E-state index is 0.0859.